The number of amides is 1. The minimum absolute atomic E-state index is 0.0871. The molecule has 0 saturated heterocycles. The zero-order valence-corrected chi connectivity index (χ0v) is 19.1. The van der Waals surface area contributed by atoms with Gasteiger partial charge in [0.05, 0.1) is 4.90 Å². The number of benzene rings is 2. The molecule has 1 unspecified atom stereocenters. The van der Waals surface area contributed by atoms with Gasteiger partial charge in [0.15, 0.2) is 5.78 Å². The molecule has 1 atom stereocenters. The summed E-state index contributed by atoms with van der Waals surface area (Å²) in [6.45, 7) is 3.86. The second-order valence-electron chi connectivity index (χ2n) is 8.96. The SMILES string of the molecule is CC1(C)CC(=O)C2=C(C1)N(c1ccc(S(N)(=O)=O)cc1)C(=O)CC2c1c(F)cccc1Cl. The fraction of sp³-hybridized carbons (Fsp3) is 0.304. The Kier molecular flexibility index (Phi) is 5.51. The number of ketones is 1. The maximum atomic E-state index is 14.8. The normalized spacial score (nSPS) is 21.0. The molecule has 1 heterocycles. The molecule has 0 spiro atoms. The third-order valence-corrected chi connectivity index (χ3v) is 7.17. The molecule has 0 fully saturated rings. The summed E-state index contributed by atoms with van der Waals surface area (Å²) in [6.07, 6.45) is 0.544. The first kappa shape index (κ1) is 22.6. The Morgan fingerprint density at radius 3 is 2.34 bits per heavy atom. The van der Waals surface area contributed by atoms with Gasteiger partial charge in [-0.2, -0.15) is 0 Å². The number of rotatable bonds is 3. The van der Waals surface area contributed by atoms with Gasteiger partial charge in [0, 0.05) is 46.3 Å². The summed E-state index contributed by atoms with van der Waals surface area (Å²) in [5.41, 5.74) is 1.03. The summed E-state index contributed by atoms with van der Waals surface area (Å²) >= 11 is 6.29. The van der Waals surface area contributed by atoms with Crippen LogP contribution in [0, 0.1) is 11.2 Å². The second kappa shape index (κ2) is 7.79. The van der Waals surface area contributed by atoms with Gasteiger partial charge >= 0.3 is 0 Å². The number of Topliss-reactive ketones (excluding diaryl/α,β-unsaturated/α-hetero) is 1. The molecule has 2 aromatic carbocycles. The van der Waals surface area contributed by atoms with Crippen molar-refractivity contribution < 1.29 is 22.4 Å². The first-order valence-corrected chi connectivity index (χ1v) is 12.0. The van der Waals surface area contributed by atoms with Crippen LogP contribution >= 0.6 is 11.6 Å². The molecule has 2 aromatic rings. The predicted molar refractivity (Wildman–Crippen MR) is 119 cm³/mol. The minimum Gasteiger partial charge on any atom is -0.294 e. The van der Waals surface area contributed by atoms with Gasteiger partial charge < -0.3 is 0 Å². The van der Waals surface area contributed by atoms with E-state index in [0.29, 0.717) is 23.4 Å². The fourth-order valence-corrected chi connectivity index (χ4v) is 5.40. The van der Waals surface area contributed by atoms with Crippen molar-refractivity contribution in [2.24, 2.45) is 10.6 Å². The first-order valence-electron chi connectivity index (χ1n) is 10.0. The number of nitrogens with zero attached hydrogens (tertiary/aromatic N) is 1. The van der Waals surface area contributed by atoms with Gasteiger partial charge in [-0.05, 0) is 48.2 Å². The predicted octanol–water partition coefficient (Wildman–Crippen LogP) is 4.29. The number of hydrogen-bond donors (Lipinski definition) is 1. The van der Waals surface area contributed by atoms with Crippen LogP contribution in [0.2, 0.25) is 5.02 Å². The number of primary sulfonamides is 1. The molecule has 4 rings (SSSR count). The number of hydrogen-bond acceptors (Lipinski definition) is 4. The van der Waals surface area contributed by atoms with E-state index in [1.54, 1.807) is 6.07 Å². The van der Waals surface area contributed by atoms with E-state index < -0.39 is 27.2 Å². The van der Waals surface area contributed by atoms with Gasteiger partial charge in [-0.3, -0.25) is 14.5 Å². The maximum Gasteiger partial charge on any atom is 0.238 e. The fourth-order valence-electron chi connectivity index (χ4n) is 4.59. The summed E-state index contributed by atoms with van der Waals surface area (Å²) in [5, 5.41) is 5.34. The van der Waals surface area contributed by atoms with Crippen molar-refractivity contribution in [1.82, 2.24) is 0 Å². The number of sulfonamides is 1. The quantitative estimate of drug-likeness (QED) is 0.714. The molecule has 0 bridgehead atoms. The van der Waals surface area contributed by atoms with E-state index in [0.717, 1.165) is 0 Å². The van der Waals surface area contributed by atoms with E-state index in [1.165, 1.54) is 41.3 Å². The molecule has 1 aliphatic heterocycles. The van der Waals surface area contributed by atoms with Crippen LogP contribution in [-0.2, 0) is 19.6 Å². The van der Waals surface area contributed by atoms with Gasteiger partial charge in [-0.25, -0.2) is 17.9 Å². The Bertz CT molecular complexity index is 1250. The lowest BCUT2D eigenvalue weighted by molar-refractivity contribution is -0.121. The van der Waals surface area contributed by atoms with E-state index >= 15 is 0 Å². The van der Waals surface area contributed by atoms with Crippen LogP contribution in [-0.4, -0.2) is 20.1 Å². The van der Waals surface area contributed by atoms with Gasteiger partial charge in [-0.1, -0.05) is 31.5 Å². The minimum atomic E-state index is -3.89. The number of carbonyl (C=O) groups is 2. The molecular formula is C23H22ClFN2O4S. The molecule has 0 aromatic heterocycles. The lowest BCUT2D eigenvalue weighted by atomic mass is 9.69. The summed E-state index contributed by atoms with van der Waals surface area (Å²) in [7, 11) is -3.89. The van der Waals surface area contributed by atoms with Crippen LogP contribution in [0.15, 0.2) is 58.6 Å². The molecule has 1 amide bonds. The summed E-state index contributed by atoms with van der Waals surface area (Å²) < 4.78 is 38.0. The van der Waals surface area contributed by atoms with Crippen molar-refractivity contribution in [2.45, 2.75) is 43.9 Å². The molecule has 2 N–H and O–H groups in total. The lowest BCUT2D eigenvalue weighted by Crippen LogP contribution is -2.44. The third-order valence-electron chi connectivity index (χ3n) is 5.91. The molecule has 168 valence electrons. The summed E-state index contributed by atoms with van der Waals surface area (Å²) in [5.74, 6) is -1.83. The highest BCUT2D eigenvalue weighted by molar-refractivity contribution is 7.89. The molecule has 0 saturated carbocycles. The van der Waals surface area contributed by atoms with Crippen LogP contribution in [0.3, 0.4) is 0 Å². The van der Waals surface area contributed by atoms with E-state index in [-0.39, 0.29) is 40.0 Å². The molecule has 1 aliphatic carbocycles. The molecule has 9 heteroatoms. The average Bonchev–Trinajstić information content (AvgIpc) is 2.66. The van der Waals surface area contributed by atoms with E-state index in [9.17, 15) is 22.4 Å². The monoisotopic (exact) mass is 476 g/mol. The van der Waals surface area contributed by atoms with Crippen LogP contribution in [0.5, 0.6) is 0 Å². The molecular weight excluding hydrogens is 455 g/mol. The Labute approximate surface area is 190 Å². The van der Waals surface area contributed by atoms with Gasteiger partial charge in [0.1, 0.15) is 5.82 Å². The number of nitrogens with two attached hydrogens (primary N) is 1. The standard InChI is InChI=1S/C23H22ClFN2O4S/c1-23(2)11-18-22(19(28)12-23)15(21-16(24)4-3-5-17(21)25)10-20(29)27(18)13-6-8-14(9-7-13)32(26,30)31/h3-9,15H,10-12H2,1-2H3,(H2,26,30,31). The molecule has 2 aliphatic rings. The van der Waals surface area contributed by atoms with Crippen LogP contribution < -0.4 is 10.0 Å². The largest absolute Gasteiger partial charge is 0.294 e. The number of carbonyl (C=O) groups excluding carboxylic acids is 2. The van der Waals surface area contributed by atoms with Crippen LogP contribution in [0.25, 0.3) is 0 Å². The van der Waals surface area contributed by atoms with E-state index in [4.69, 9.17) is 16.7 Å². The van der Waals surface area contributed by atoms with Crippen LogP contribution in [0.4, 0.5) is 10.1 Å². The van der Waals surface area contributed by atoms with Crippen molar-refractivity contribution >= 4 is 39.0 Å². The van der Waals surface area contributed by atoms with Crippen molar-refractivity contribution in [2.75, 3.05) is 4.90 Å². The first-order chi connectivity index (χ1) is 14.9. The highest BCUT2D eigenvalue weighted by Gasteiger charge is 2.45. The second-order valence-corrected chi connectivity index (χ2v) is 10.9. The maximum absolute atomic E-state index is 14.8. The van der Waals surface area contributed by atoms with Crippen molar-refractivity contribution in [3.63, 3.8) is 0 Å². The van der Waals surface area contributed by atoms with Gasteiger partial charge in [0.25, 0.3) is 0 Å². The Balaban J connectivity index is 1.91. The number of allylic oxidation sites excluding steroid dienone is 2. The summed E-state index contributed by atoms with van der Waals surface area (Å²) in [4.78, 5) is 27.9. The van der Waals surface area contributed by atoms with Gasteiger partial charge in [0.2, 0.25) is 15.9 Å². The van der Waals surface area contributed by atoms with Crippen molar-refractivity contribution in [3.05, 3.63) is 70.1 Å². The van der Waals surface area contributed by atoms with Crippen molar-refractivity contribution in [1.29, 1.82) is 0 Å². The zero-order valence-electron chi connectivity index (χ0n) is 17.6. The molecule has 32 heavy (non-hydrogen) atoms. The number of anilines is 1. The Morgan fingerprint density at radius 1 is 1.09 bits per heavy atom. The Morgan fingerprint density at radius 2 is 1.75 bits per heavy atom. The average molecular weight is 477 g/mol. The highest BCUT2D eigenvalue weighted by atomic mass is 35.5. The van der Waals surface area contributed by atoms with E-state index in [2.05, 4.69) is 0 Å². The molecule has 6 nitrogen and oxygen atoms in total. The summed E-state index contributed by atoms with van der Waals surface area (Å²) in [6, 6.07) is 9.87. The Hall–Kier alpha value is -2.55. The van der Waals surface area contributed by atoms with Crippen LogP contribution in [0.1, 0.15) is 44.6 Å². The molecule has 0 radical (unpaired) electrons. The van der Waals surface area contributed by atoms with E-state index in [1.807, 2.05) is 13.8 Å². The zero-order chi connectivity index (χ0) is 23.4. The lowest BCUT2D eigenvalue weighted by Gasteiger charge is -2.43. The third kappa shape index (κ3) is 3.98. The number of halogens is 2. The highest BCUT2D eigenvalue weighted by Crippen LogP contribution is 2.49. The smallest absolute Gasteiger partial charge is 0.238 e. The van der Waals surface area contributed by atoms with Crippen molar-refractivity contribution in [3.8, 4) is 0 Å². The van der Waals surface area contributed by atoms with Gasteiger partial charge in [-0.15, -0.1) is 0 Å². The topological polar surface area (TPSA) is 97.5 Å².